The summed E-state index contributed by atoms with van der Waals surface area (Å²) in [4.78, 5) is 9.96. The summed E-state index contributed by atoms with van der Waals surface area (Å²) in [5.74, 6) is -0.442. The first kappa shape index (κ1) is 10.5. The number of halogens is 1. The topological polar surface area (TPSA) is 66.9 Å². The van der Waals surface area contributed by atoms with Gasteiger partial charge in [-0.2, -0.15) is 5.26 Å². The zero-order valence-electron chi connectivity index (χ0n) is 7.40. The predicted octanol–water partition coefficient (Wildman–Crippen LogP) is 2.88. The number of hydrogen-bond acceptors (Lipinski definition) is 3. The smallest absolute Gasteiger partial charge is 0.258 e. The van der Waals surface area contributed by atoms with Gasteiger partial charge in [-0.1, -0.05) is 23.7 Å². The van der Waals surface area contributed by atoms with Crippen molar-refractivity contribution < 1.29 is 4.92 Å². The van der Waals surface area contributed by atoms with E-state index in [1.807, 2.05) is 6.07 Å². The lowest BCUT2D eigenvalue weighted by atomic mass is 10.0. The normalized spacial score (nSPS) is 11.8. The van der Waals surface area contributed by atoms with Crippen LogP contribution in [-0.2, 0) is 0 Å². The van der Waals surface area contributed by atoms with E-state index in [2.05, 4.69) is 0 Å². The molecule has 1 atom stereocenters. The summed E-state index contributed by atoms with van der Waals surface area (Å²) in [6.45, 7) is 1.64. The first-order valence-corrected chi connectivity index (χ1v) is 4.28. The summed E-state index contributed by atoms with van der Waals surface area (Å²) in [6.07, 6.45) is 0. The fourth-order valence-corrected chi connectivity index (χ4v) is 1.44. The van der Waals surface area contributed by atoms with Crippen LogP contribution in [0.4, 0.5) is 5.69 Å². The van der Waals surface area contributed by atoms with Crippen molar-refractivity contribution in [2.75, 3.05) is 0 Å². The van der Waals surface area contributed by atoms with E-state index in [0.717, 1.165) is 0 Å². The molecule has 14 heavy (non-hydrogen) atoms. The van der Waals surface area contributed by atoms with E-state index in [-0.39, 0.29) is 10.7 Å². The van der Waals surface area contributed by atoms with Gasteiger partial charge in [0.1, 0.15) is 5.02 Å². The zero-order chi connectivity index (χ0) is 10.7. The Hall–Kier alpha value is -1.60. The fraction of sp³-hybridized carbons (Fsp3) is 0.222. The summed E-state index contributed by atoms with van der Waals surface area (Å²) in [6, 6.07) is 6.43. The van der Waals surface area contributed by atoms with E-state index >= 15 is 0 Å². The Morgan fingerprint density at radius 3 is 2.79 bits per heavy atom. The number of nitro groups is 1. The second-order valence-electron chi connectivity index (χ2n) is 2.79. The summed E-state index contributed by atoms with van der Waals surface area (Å²) >= 11 is 5.78. The predicted molar refractivity (Wildman–Crippen MR) is 52.1 cm³/mol. The van der Waals surface area contributed by atoms with Crippen LogP contribution in [0.25, 0.3) is 0 Å². The number of rotatable bonds is 2. The highest BCUT2D eigenvalue weighted by molar-refractivity contribution is 6.33. The van der Waals surface area contributed by atoms with E-state index in [1.165, 1.54) is 12.1 Å². The molecule has 0 aliphatic rings. The van der Waals surface area contributed by atoms with Crippen molar-refractivity contribution in [3.63, 3.8) is 0 Å². The maximum atomic E-state index is 10.5. The minimum atomic E-state index is -0.560. The van der Waals surface area contributed by atoms with Crippen molar-refractivity contribution in [1.29, 1.82) is 5.26 Å². The number of nitro benzene ring substituents is 1. The first-order chi connectivity index (χ1) is 6.57. The largest absolute Gasteiger partial charge is 0.288 e. The molecule has 0 fully saturated rings. The molecule has 0 bridgehead atoms. The summed E-state index contributed by atoms with van der Waals surface area (Å²) in [5.41, 5.74) is 0.328. The maximum Gasteiger partial charge on any atom is 0.288 e. The van der Waals surface area contributed by atoms with Gasteiger partial charge >= 0.3 is 0 Å². The summed E-state index contributed by atoms with van der Waals surface area (Å²) in [7, 11) is 0. The van der Waals surface area contributed by atoms with Crippen molar-refractivity contribution in [1.82, 2.24) is 0 Å². The van der Waals surface area contributed by atoms with E-state index in [0.29, 0.717) is 5.56 Å². The molecule has 0 aliphatic heterocycles. The highest BCUT2D eigenvalue weighted by atomic mass is 35.5. The molecule has 4 nitrogen and oxygen atoms in total. The van der Waals surface area contributed by atoms with E-state index in [4.69, 9.17) is 16.9 Å². The standard InChI is InChI=1S/C9H7ClN2O2/c1-6(5-11)7-3-2-4-8(9(7)10)12(13)14/h2-4,6H,1H3. The van der Waals surface area contributed by atoms with Gasteiger partial charge in [-0.05, 0) is 12.5 Å². The number of hydrogen-bond donors (Lipinski definition) is 0. The van der Waals surface area contributed by atoms with Crippen molar-refractivity contribution in [2.24, 2.45) is 0 Å². The lowest BCUT2D eigenvalue weighted by Crippen LogP contribution is -1.95. The van der Waals surface area contributed by atoms with Crippen molar-refractivity contribution >= 4 is 17.3 Å². The molecule has 0 N–H and O–H groups in total. The van der Waals surface area contributed by atoms with Crippen LogP contribution in [0.1, 0.15) is 18.4 Å². The molecule has 1 aromatic carbocycles. The number of nitrogens with zero attached hydrogens (tertiary/aromatic N) is 2. The van der Waals surface area contributed by atoms with Crippen LogP contribution in [-0.4, -0.2) is 4.92 Å². The molecule has 72 valence electrons. The Morgan fingerprint density at radius 2 is 2.29 bits per heavy atom. The third-order valence-electron chi connectivity index (χ3n) is 1.87. The van der Waals surface area contributed by atoms with Gasteiger partial charge in [0.2, 0.25) is 0 Å². The van der Waals surface area contributed by atoms with Gasteiger partial charge in [-0.25, -0.2) is 0 Å². The summed E-state index contributed by atoms with van der Waals surface area (Å²) in [5, 5.41) is 19.2. The second kappa shape index (κ2) is 4.07. The molecule has 0 heterocycles. The van der Waals surface area contributed by atoms with E-state index < -0.39 is 10.8 Å². The van der Waals surface area contributed by atoms with Crippen LogP contribution < -0.4 is 0 Å². The van der Waals surface area contributed by atoms with Crippen LogP contribution in [0.3, 0.4) is 0 Å². The average Bonchev–Trinajstić information content (AvgIpc) is 2.16. The van der Waals surface area contributed by atoms with E-state index in [1.54, 1.807) is 13.0 Å². The minimum Gasteiger partial charge on any atom is -0.258 e. The lowest BCUT2D eigenvalue weighted by Gasteiger charge is -2.05. The second-order valence-corrected chi connectivity index (χ2v) is 3.17. The first-order valence-electron chi connectivity index (χ1n) is 3.90. The molecule has 0 saturated carbocycles. The molecular formula is C9H7ClN2O2. The lowest BCUT2D eigenvalue weighted by molar-refractivity contribution is -0.384. The van der Waals surface area contributed by atoms with Crippen LogP contribution in [0, 0.1) is 21.4 Å². The molecule has 0 aromatic heterocycles. The monoisotopic (exact) mass is 210 g/mol. The summed E-state index contributed by atoms with van der Waals surface area (Å²) < 4.78 is 0. The van der Waals surface area contributed by atoms with Crippen LogP contribution >= 0.6 is 11.6 Å². The van der Waals surface area contributed by atoms with Gasteiger partial charge in [-0.3, -0.25) is 10.1 Å². The molecule has 5 heteroatoms. The Balaban J connectivity index is 3.29. The van der Waals surface area contributed by atoms with Crippen LogP contribution in [0.5, 0.6) is 0 Å². The molecule has 0 spiro atoms. The van der Waals surface area contributed by atoms with Gasteiger partial charge in [-0.15, -0.1) is 0 Å². The molecule has 0 radical (unpaired) electrons. The molecule has 1 unspecified atom stereocenters. The third kappa shape index (κ3) is 1.83. The zero-order valence-corrected chi connectivity index (χ0v) is 8.15. The Bertz CT molecular complexity index is 412. The van der Waals surface area contributed by atoms with Crippen LogP contribution in [0.2, 0.25) is 5.02 Å². The quantitative estimate of drug-likeness (QED) is 0.557. The highest BCUT2D eigenvalue weighted by Gasteiger charge is 2.18. The number of benzene rings is 1. The SMILES string of the molecule is CC(C#N)c1cccc([N+](=O)[O-])c1Cl. The van der Waals surface area contributed by atoms with Gasteiger partial charge < -0.3 is 0 Å². The van der Waals surface area contributed by atoms with Gasteiger partial charge in [0.15, 0.2) is 0 Å². The Morgan fingerprint density at radius 1 is 1.64 bits per heavy atom. The van der Waals surface area contributed by atoms with Gasteiger partial charge in [0.05, 0.1) is 16.9 Å². The molecule has 0 saturated heterocycles. The number of nitriles is 1. The minimum absolute atomic E-state index is 0.0477. The van der Waals surface area contributed by atoms with Crippen LogP contribution in [0.15, 0.2) is 18.2 Å². The molecule has 1 aromatic rings. The van der Waals surface area contributed by atoms with Gasteiger partial charge in [0.25, 0.3) is 5.69 Å². The molecule has 1 rings (SSSR count). The molecule has 0 amide bonds. The highest BCUT2D eigenvalue weighted by Crippen LogP contribution is 2.31. The van der Waals surface area contributed by atoms with E-state index in [9.17, 15) is 10.1 Å². The third-order valence-corrected chi connectivity index (χ3v) is 2.28. The van der Waals surface area contributed by atoms with Crippen molar-refractivity contribution in [3.05, 3.63) is 38.9 Å². The fourth-order valence-electron chi connectivity index (χ4n) is 1.08. The maximum absolute atomic E-state index is 10.5. The van der Waals surface area contributed by atoms with Crippen molar-refractivity contribution in [3.8, 4) is 6.07 Å². The molecular weight excluding hydrogens is 204 g/mol. The Labute approximate surface area is 85.9 Å². The molecule has 0 aliphatic carbocycles. The average molecular weight is 211 g/mol. The van der Waals surface area contributed by atoms with Crippen molar-refractivity contribution in [2.45, 2.75) is 12.8 Å². The Kier molecular flexibility index (Phi) is 3.05. The van der Waals surface area contributed by atoms with Gasteiger partial charge in [0, 0.05) is 6.07 Å².